The smallest absolute Gasteiger partial charge is 0.213 e. The summed E-state index contributed by atoms with van der Waals surface area (Å²) in [5.41, 5.74) is 1.42. The van der Waals surface area contributed by atoms with Crippen molar-refractivity contribution in [2.24, 2.45) is 0 Å². The van der Waals surface area contributed by atoms with Crippen molar-refractivity contribution < 1.29 is 9.47 Å². The van der Waals surface area contributed by atoms with Crippen molar-refractivity contribution in [2.75, 3.05) is 18.5 Å². The fraction of sp³-hybridized carbons (Fsp3) is 0.333. The number of aromatic amines is 1. The minimum atomic E-state index is -0.147. The SMILES string of the molecule is c1ccc(O[C@@H]2COCC[C@H]2Nc2ncnc3nc[nH]c23)nc1. The van der Waals surface area contributed by atoms with Gasteiger partial charge in [0.25, 0.3) is 0 Å². The molecule has 0 aromatic carbocycles. The molecule has 4 heterocycles. The fourth-order valence-corrected chi connectivity index (χ4v) is 2.62. The lowest BCUT2D eigenvalue weighted by molar-refractivity contribution is -0.00249. The quantitative estimate of drug-likeness (QED) is 0.751. The van der Waals surface area contributed by atoms with Gasteiger partial charge in [0.05, 0.1) is 19.0 Å². The average Bonchev–Trinajstić information content (AvgIpc) is 3.07. The molecule has 0 radical (unpaired) electrons. The van der Waals surface area contributed by atoms with E-state index < -0.39 is 0 Å². The van der Waals surface area contributed by atoms with Gasteiger partial charge in [-0.25, -0.2) is 19.9 Å². The molecule has 3 aromatic heterocycles. The van der Waals surface area contributed by atoms with Gasteiger partial charge in [-0.3, -0.25) is 0 Å². The van der Waals surface area contributed by atoms with Crippen LogP contribution < -0.4 is 10.1 Å². The van der Waals surface area contributed by atoms with E-state index in [1.165, 1.54) is 6.33 Å². The predicted octanol–water partition coefficient (Wildman–Crippen LogP) is 1.40. The zero-order valence-corrected chi connectivity index (χ0v) is 12.3. The molecule has 23 heavy (non-hydrogen) atoms. The molecular formula is C15H16N6O2. The maximum absolute atomic E-state index is 5.97. The first-order valence-corrected chi connectivity index (χ1v) is 7.46. The molecule has 0 spiro atoms. The normalized spacial score (nSPS) is 21.2. The van der Waals surface area contributed by atoms with Gasteiger partial charge in [0, 0.05) is 18.9 Å². The molecule has 1 fully saturated rings. The third-order valence-electron chi connectivity index (χ3n) is 3.76. The zero-order valence-electron chi connectivity index (χ0n) is 12.3. The van der Waals surface area contributed by atoms with Crippen molar-refractivity contribution in [1.29, 1.82) is 0 Å². The van der Waals surface area contributed by atoms with Gasteiger partial charge in [-0.15, -0.1) is 0 Å². The molecule has 0 bridgehead atoms. The molecule has 0 aliphatic carbocycles. The number of aromatic nitrogens is 5. The molecule has 1 aliphatic rings. The average molecular weight is 312 g/mol. The second-order valence-electron chi connectivity index (χ2n) is 5.26. The van der Waals surface area contributed by atoms with Gasteiger partial charge in [0.15, 0.2) is 11.5 Å². The van der Waals surface area contributed by atoms with Crippen molar-refractivity contribution in [3.63, 3.8) is 0 Å². The number of pyridine rings is 1. The summed E-state index contributed by atoms with van der Waals surface area (Å²) in [7, 11) is 0. The van der Waals surface area contributed by atoms with Crippen LogP contribution in [0.1, 0.15) is 6.42 Å². The van der Waals surface area contributed by atoms with Crippen molar-refractivity contribution in [2.45, 2.75) is 18.6 Å². The highest BCUT2D eigenvalue weighted by Crippen LogP contribution is 2.21. The Bertz CT molecular complexity index is 778. The first-order valence-electron chi connectivity index (χ1n) is 7.46. The number of fused-ring (bicyclic) bond motifs is 1. The number of hydrogen-bond acceptors (Lipinski definition) is 7. The van der Waals surface area contributed by atoms with E-state index in [1.54, 1.807) is 12.5 Å². The zero-order chi connectivity index (χ0) is 15.5. The van der Waals surface area contributed by atoms with E-state index in [9.17, 15) is 0 Å². The maximum Gasteiger partial charge on any atom is 0.213 e. The summed E-state index contributed by atoms with van der Waals surface area (Å²) in [6.45, 7) is 1.18. The largest absolute Gasteiger partial charge is 0.470 e. The monoisotopic (exact) mass is 312 g/mol. The highest BCUT2D eigenvalue weighted by Gasteiger charge is 2.28. The molecule has 8 nitrogen and oxygen atoms in total. The van der Waals surface area contributed by atoms with Gasteiger partial charge in [-0.05, 0) is 12.5 Å². The molecule has 1 saturated heterocycles. The van der Waals surface area contributed by atoms with Gasteiger partial charge in [-0.2, -0.15) is 0 Å². The minimum Gasteiger partial charge on any atom is -0.470 e. The first-order chi connectivity index (χ1) is 11.4. The second-order valence-corrected chi connectivity index (χ2v) is 5.26. The third-order valence-corrected chi connectivity index (χ3v) is 3.76. The molecule has 2 atom stereocenters. The summed E-state index contributed by atoms with van der Waals surface area (Å²) >= 11 is 0. The minimum absolute atomic E-state index is 0.0622. The summed E-state index contributed by atoms with van der Waals surface area (Å²) in [4.78, 5) is 19.8. The van der Waals surface area contributed by atoms with Crippen LogP contribution in [0.2, 0.25) is 0 Å². The Balaban J connectivity index is 1.55. The molecule has 1 aliphatic heterocycles. The van der Waals surface area contributed by atoms with Crippen molar-refractivity contribution in [3.05, 3.63) is 37.1 Å². The standard InChI is InChI=1S/C15H16N6O2/c1-2-5-16-12(3-1)23-11-7-22-6-4-10(11)21-15-13-14(18-8-17-13)19-9-20-15/h1-3,5,8-11H,4,6-7H2,(H2,17,18,19,20,21)/t10-,11-/m1/s1. The van der Waals surface area contributed by atoms with Gasteiger partial charge in [0.2, 0.25) is 5.88 Å². The van der Waals surface area contributed by atoms with E-state index >= 15 is 0 Å². The lowest BCUT2D eigenvalue weighted by Gasteiger charge is -2.32. The molecule has 118 valence electrons. The summed E-state index contributed by atoms with van der Waals surface area (Å²) < 4.78 is 11.5. The van der Waals surface area contributed by atoms with Gasteiger partial charge < -0.3 is 19.8 Å². The Hall–Kier alpha value is -2.74. The number of H-pyrrole nitrogens is 1. The van der Waals surface area contributed by atoms with Gasteiger partial charge >= 0.3 is 0 Å². The number of rotatable bonds is 4. The number of imidazole rings is 1. The number of hydrogen-bond donors (Lipinski definition) is 2. The maximum atomic E-state index is 5.97. The van der Waals surface area contributed by atoms with Crippen LogP contribution in [0.3, 0.4) is 0 Å². The Labute approximate surface area is 132 Å². The Morgan fingerprint density at radius 1 is 1.22 bits per heavy atom. The van der Waals surface area contributed by atoms with Crippen LogP contribution in [0.5, 0.6) is 5.88 Å². The number of anilines is 1. The lowest BCUT2D eigenvalue weighted by Crippen LogP contribution is -2.45. The second kappa shape index (κ2) is 6.17. The molecule has 8 heteroatoms. The fourth-order valence-electron chi connectivity index (χ4n) is 2.62. The van der Waals surface area contributed by atoms with E-state index in [0.717, 1.165) is 11.9 Å². The molecule has 2 N–H and O–H groups in total. The molecule has 0 amide bonds. The van der Waals surface area contributed by atoms with Crippen LogP contribution in [0.15, 0.2) is 37.1 Å². The van der Waals surface area contributed by atoms with Crippen LogP contribution in [0.25, 0.3) is 11.2 Å². The van der Waals surface area contributed by atoms with E-state index in [4.69, 9.17) is 9.47 Å². The van der Waals surface area contributed by atoms with Crippen molar-refractivity contribution in [1.82, 2.24) is 24.9 Å². The van der Waals surface area contributed by atoms with E-state index in [0.29, 0.717) is 30.6 Å². The first kappa shape index (κ1) is 13.9. The number of nitrogens with zero attached hydrogens (tertiary/aromatic N) is 4. The summed E-state index contributed by atoms with van der Waals surface area (Å²) in [5, 5.41) is 3.43. The summed E-state index contributed by atoms with van der Waals surface area (Å²) in [6.07, 6.45) is 5.49. The van der Waals surface area contributed by atoms with E-state index in [2.05, 4.69) is 30.2 Å². The number of nitrogens with one attached hydrogen (secondary N) is 2. The van der Waals surface area contributed by atoms with Gasteiger partial charge in [-0.1, -0.05) is 6.07 Å². The summed E-state index contributed by atoms with van der Waals surface area (Å²) in [5.74, 6) is 1.30. The molecule has 3 aromatic rings. The Morgan fingerprint density at radius 2 is 2.22 bits per heavy atom. The van der Waals surface area contributed by atoms with Crippen molar-refractivity contribution in [3.8, 4) is 5.88 Å². The number of ether oxygens (including phenoxy) is 2. The topological polar surface area (TPSA) is 97.8 Å². The lowest BCUT2D eigenvalue weighted by atomic mass is 10.1. The summed E-state index contributed by atoms with van der Waals surface area (Å²) in [6, 6.07) is 5.65. The van der Waals surface area contributed by atoms with Gasteiger partial charge in [0.1, 0.15) is 17.9 Å². The Morgan fingerprint density at radius 3 is 3.13 bits per heavy atom. The van der Waals surface area contributed by atoms with E-state index in [-0.39, 0.29) is 12.1 Å². The molecular weight excluding hydrogens is 296 g/mol. The predicted molar refractivity (Wildman–Crippen MR) is 83.2 cm³/mol. The van der Waals surface area contributed by atoms with Crippen LogP contribution in [0.4, 0.5) is 5.82 Å². The van der Waals surface area contributed by atoms with Crippen LogP contribution in [0, 0.1) is 0 Å². The van der Waals surface area contributed by atoms with Crippen LogP contribution in [-0.2, 0) is 4.74 Å². The van der Waals surface area contributed by atoms with Crippen LogP contribution >= 0.6 is 0 Å². The molecule has 0 saturated carbocycles. The highest BCUT2D eigenvalue weighted by molar-refractivity contribution is 5.82. The van der Waals surface area contributed by atoms with E-state index in [1.807, 2.05) is 18.2 Å². The highest BCUT2D eigenvalue weighted by atomic mass is 16.5. The third kappa shape index (κ3) is 2.93. The molecule has 0 unspecified atom stereocenters. The Kier molecular flexibility index (Phi) is 3.73. The van der Waals surface area contributed by atoms with Crippen LogP contribution in [-0.4, -0.2) is 50.3 Å². The molecule has 4 rings (SSSR count). The van der Waals surface area contributed by atoms with Crippen molar-refractivity contribution >= 4 is 17.0 Å².